The number of nitrogens with one attached hydrogen (secondary N) is 2. The van der Waals surface area contributed by atoms with Gasteiger partial charge in [-0.15, -0.1) is 0 Å². The van der Waals surface area contributed by atoms with Crippen molar-refractivity contribution in [2.75, 3.05) is 10.6 Å². The minimum absolute atomic E-state index is 0.0229. The van der Waals surface area contributed by atoms with Gasteiger partial charge in [-0.3, -0.25) is 0 Å². The molecule has 106 valence electrons. The number of aryl methyl sites for hydroxylation is 1. The van der Waals surface area contributed by atoms with Gasteiger partial charge in [-0.2, -0.15) is 0 Å². The van der Waals surface area contributed by atoms with Crippen molar-refractivity contribution in [1.29, 1.82) is 0 Å². The van der Waals surface area contributed by atoms with Crippen molar-refractivity contribution in [3.05, 3.63) is 41.7 Å². The fourth-order valence-electron chi connectivity index (χ4n) is 1.90. The van der Waals surface area contributed by atoms with E-state index in [9.17, 15) is 0 Å². The van der Waals surface area contributed by atoms with Crippen LogP contribution in [0.5, 0.6) is 0 Å². The standard InChI is InChI=1S/C16H22N4/c1-11-7-6-8-13(12(11)2)19-14-9-15(18-10-17-14)20-16(3,4)5/h6-10H,1-5H3,(H2,17,18,19,20). The second-order valence-electron chi connectivity index (χ2n) is 6.04. The van der Waals surface area contributed by atoms with Crippen molar-refractivity contribution < 1.29 is 0 Å². The molecule has 0 atom stereocenters. The number of aromatic nitrogens is 2. The minimum atomic E-state index is -0.0229. The summed E-state index contributed by atoms with van der Waals surface area (Å²) in [6.07, 6.45) is 1.57. The van der Waals surface area contributed by atoms with Gasteiger partial charge in [-0.25, -0.2) is 9.97 Å². The molecule has 0 saturated heterocycles. The fraction of sp³-hybridized carbons (Fsp3) is 0.375. The third kappa shape index (κ3) is 3.70. The molecule has 2 N–H and O–H groups in total. The lowest BCUT2D eigenvalue weighted by molar-refractivity contribution is 0.630. The van der Waals surface area contributed by atoms with Crippen LogP contribution >= 0.6 is 0 Å². The van der Waals surface area contributed by atoms with Crippen molar-refractivity contribution in [3.8, 4) is 0 Å². The molecule has 0 unspecified atom stereocenters. The molecule has 0 bridgehead atoms. The first-order valence-corrected chi connectivity index (χ1v) is 6.78. The Kier molecular flexibility index (Phi) is 3.93. The molecule has 2 rings (SSSR count). The second kappa shape index (κ2) is 5.49. The number of hydrogen-bond donors (Lipinski definition) is 2. The summed E-state index contributed by atoms with van der Waals surface area (Å²) >= 11 is 0. The van der Waals surface area contributed by atoms with E-state index in [2.05, 4.69) is 67.4 Å². The molecule has 0 aliphatic carbocycles. The van der Waals surface area contributed by atoms with Crippen molar-refractivity contribution in [2.45, 2.75) is 40.2 Å². The van der Waals surface area contributed by atoms with Crippen LogP contribution in [-0.4, -0.2) is 15.5 Å². The van der Waals surface area contributed by atoms with Gasteiger partial charge in [0.05, 0.1) is 0 Å². The summed E-state index contributed by atoms with van der Waals surface area (Å²) < 4.78 is 0. The van der Waals surface area contributed by atoms with Crippen molar-refractivity contribution >= 4 is 17.3 Å². The van der Waals surface area contributed by atoms with E-state index in [1.165, 1.54) is 11.1 Å². The second-order valence-corrected chi connectivity index (χ2v) is 6.04. The molecule has 0 radical (unpaired) electrons. The summed E-state index contributed by atoms with van der Waals surface area (Å²) in [5.41, 5.74) is 3.55. The molecule has 1 aromatic carbocycles. The molecule has 4 nitrogen and oxygen atoms in total. The Morgan fingerprint density at radius 1 is 1.00 bits per heavy atom. The summed E-state index contributed by atoms with van der Waals surface area (Å²) in [6.45, 7) is 10.5. The Hall–Kier alpha value is -2.10. The SMILES string of the molecule is Cc1cccc(Nc2cc(NC(C)(C)C)ncn2)c1C. The number of anilines is 3. The normalized spacial score (nSPS) is 11.2. The first kappa shape index (κ1) is 14.3. The highest BCUT2D eigenvalue weighted by molar-refractivity contribution is 5.63. The van der Waals surface area contributed by atoms with Crippen LogP contribution in [0.4, 0.5) is 17.3 Å². The topological polar surface area (TPSA) is 49.8 Å². The average Bonchev–Trinajstić information content (AvgIpc) is 2.33. The third-order valence-corrected chi connectivity index (χ3v) is 3.04. The van der Waals surface area contributed by atoms with E-state index in [0.29, 0.717) is 0 Å². The van der Waals surface area contributed by atoms with Gasteiger partial charge in [-0.1, -0.05) is 12.1 Å². The van der Waals surface area contributed by atoms with Crippen molar-refractivity contribution in [2.24, 2.45) is 0 Å². The lowest BCUT2D eigenvalue weighted by atomic mass is 10.1. The predicted octanol–water partition coefficient (Wildman–Crippen LogP) is 4.05. The number of nitrogens with zero attached hydrogens (tertiary/aromatic N) is 2. The molecule has 0 saturated carbocycles. The van der Waals surface area contributed by atoms with Crippen LogP contribution in [0.25, 0.3) is 0 Å². The first-order valence-electron chi connectivity index (χ1n) is 6.78. The zero-order chi connectivity index (χ0) is 14.8. The summed E-state index contributed by atoms with van der Waals surface area (Å²) in [5.74, 6) is 1.61. The third-order valence-electron chi connectivity index (χ3n) is 3.04. The van der Waals surface area contributed by atoms with Gasteiger partial charge < -0.3 is 10.6 Å². The lowest BCUT2D eigenvalue weighted by Crippen LogP contribution is -2.26. The number of rotatable bonds is 3. The maximum absolute atomic E-state index is 4.27. The Morgan fingerprint density at radius 2 is 1.70 bits per heavy atom. The molecule has 0 fully saturated rings. The van der Waals surface area contributed by atoms with Crippen LogP contribution in [-0.2, 0) is 0 Å². The van der Waals surface area contributed by atoms with Gasteiger partial charge in [0, 0.05) is 17.3 Å². The number of hydrogen-bond acceptors (Lipinski definition) is 4. The Bertz CT molecular complexity index is 600. The molecule has 4 heteroatoms. The molecule has 1 aromatic heterocycles. The maximum atomic E-state index is 4.27. The molecule has 0 spiro atoms. The highest BCUT2D eigenvalue weighted by atomic mass is 15.1. The summed E-state index contributed by atoms with van der Waals surface area (Å²) in [5, 5.41) is 6.69. The Labute approximate surface area is 120 Å². The van der Waals surface area contributed by atoms with Crippen LogP contribution in [0, 0.1) is 13.8 Å². The van der Waals surface area contributed by atoms with Crippen molar-refractivity contribution in [3.63, 3.8) is 0 Å². The van der Waals surface area contributed by atoms with E-state index in [1.54, 1.807) is 6.33 Å². The Morgan fingerprint density at radius 3 is 2.40 bits per heavy atom. The van der Waals surface area contributed by atoms with Gasteiger partial charge in [0.25, 0.3) is 0 Å². The Balaban J connectivity index is 2.22. The lowest BCUT2D eigenvalue weighted by Gasteiger charge is -2.21. The van der Waals surface area contributed by atoms with E-state index < -0.39 is 0 Å². The fourth-order valence-corrected chi connectivity index (χ4v) is 1.90. The predicted molar refractivity (Wildman–Crippen MR) is 84.6 cm³/mol. The quantitative estimate of drug-likeness (QED) is 0.883. The van der Waals surface area contributed by atoms with Crippen LogP contribution in [0.3, 0.4) is 0 Å². The summed E-state index contributed by atoms with van der Waals surface area (Å²) in [7, 11) is 0. The molecular weight excluding hydrogens is 248 g/mol. The van der Waals surface area contributed by atoms with Gasteiger partial charge in [-0.05, 0) is 51.8 Å². The molecule has 0 aliphatic heterocycles. The molecular formula is C16H22N4. The molecule has 1 heterocycles. The zero-order valence-corrected chi connectivity index (χ0v) is 12.8. The van der Waals surface area contributed by atoms with E-state index in [-0.39, 0.29) is 5.54 Å². The van der Waals surface area contributed by atoms with E-state index in [4.69, 9.17) is 0 Å². The molecule has 20 heavy (non-hydrogen) atoms. The van der Waals surface area contributed by atoms with E-state index in [0.717, 1.165) is 17.3 Å². The van der Waals surface area contributed by atoms with Gasteiger partial charge >= 0.3 is 0 Å². The minimum Gasteiger partial charge on any atom is -0.365 e. The van der Waals surface area contributed by atoms with Crippen LogP contribution in [0.15, 0.2) is 30.6 Å². The van der Waals surface area contributed by atoms with Crippen LogP contribution in [0.2, 0.25) is 0 Å². The van der Waals surface area contributed by atoms with Gasteiger partial charge in [0.1, 0.15) is 18.0 Å². The first-order chi connectivity index (χ1) is 9.35. The number of benzene rings is 1. The molecule has 2 aromatic rings. The van der Waals surface area contributed by atoms with E-state index >= 15 is 0 Å². The molecule has 0 aliphatic rings. The van der Waals surface area contributed by atoms with Gasteiger partial charge in [0.2, 0.25) is 0 Å². The highest BCUT2D eigenvalue weighted by Gasteiger charge is 2.11. The van der Waals surface area contributed by atoms with Crippen molar-refractivity contribution in [1.82, 2.24) is 9.97 Å². The largest absolute Gasteiger partial charge is 0.365 e. The highest BCUT2D eigenvalue weighted by Crippen LogP contribution is 2.23. The van der Waals surface area contributed by atoms with Crippen LogP contribution in [0.1, 0.15) is 31.9 Å². The average molecular weight is 270 g/mol. The smallest absolute Gasteiger partial charge is 0.135 e. The maximum Gasteiger partial charge on any atom is 0.135 e. The van der Waals surface area contributed by atoms with E-state index in [1.807, 2.05) is 12.1 Å². The van der Waals surface area contributed by atoms with Gasteiger partial charge in [0.15, 0.2) is 0 Å². The summed E-state index contributed by atoms with van der Waals surface area (Å²) in [4.78, 5) is 8.52. The zero-order valence-electron chi connectivity index (χ0n) is 12.8. The monoisotopic (exact) mass is 270 g/mol. The molecule has 0 amide bonds. The van der Waals surface area contributed by atoms with Crippen LogP contribution < -0.4 is 10.6 Å². The summed E-state index contributed by atoms with van der Waals surface area (Å²) in [6, 6.07) is 8.13.